The molecular formula is C14H16N2O3. The van der Waals surface area contributed by atoms with Gasteiger partial charge in [0.25, 0.3) is 0 Å². The number of nitrogens with one attached hydrogen (secondary N) is 1. The summed E-state index contributed by atoms with van der Waals surface area (Å²) in [5.74, 6) is 0.314. The number of nitrogens with zero attached hydrogens (tertiary/aromatic N) is 1. The third kappa shape index (κ3) is 2.76. The van der Waals surface area contributed by atoms with Crippen molar-refractivity contribution in [3.05, 3.63) is 35.5 Å². The van der Waals surface area contributed by atoms with Crippen LogP contribution in [0.5, 0.6) is 5.75 Å². The highest BCUT2D eigenvalue weighted by Gasteiger charge is 2.14. The van der Waals surface area contributed by atoms with E-state index in [4.69, 9.17) is 9.47 Å². The first-order valence-corrected chi connectivity index (χ1v) is 6.03. The molecule has 2 aromatic rings. The Labute approximate surface area is 111 Å². The number of methoxy groups -OCH3 is 1. The zero-order valence-corrected chi connectivity index (χ0v) is 11.2. The van der Waals surface area contributed by atoms with Crippen LogP contribution in [0.4, 0.5) is 0 Å². The van der Waals surface area contributed by atoms with Crippen molar-refractivity contribution in [2.45, 2.75) is 13.8 Å². The largest absolute Gasteiger partial charge is 0.496 e. The predicted molar refractivity (Wildman–Crippen MR) is 71.3 cm³/mol. The Hall–Kier alpha value is -2.30. The van der Waals surface area contributed by atoms with Gasteiger partial charge in [0, 0.05) is 5.56 Å². The number of carbonyl (C=O) groups excluding carboxylic acids is 1. The lowest BCUT2D eigenvalue weighted by Crippen LogP contribution is -2.04. The van der Waals surface area contributed by atoms with Crippen LogP contribution in [0.1, 0.15) is 23.0 Å². The second-order valence-corrected chi connectivity index (χ2v) is 4.09. The van der Waals surface area contributed by atoms with Crippen molar-refractivity contribution in [3.8, 4) is 17.0 Å². The zero-order chi connectivity index (χ0) is 13.8. The number of hydrogen-bond acceptors (Lipinski definition) is 4. The molecule has 1 aromatic carbocycles. The van der Waals surface area contributed by atoms with Crippen LogP contribution in [-0.2, 0) is 4.74 Å². The molecule has 100 valence electrons. The van der Waals surface area contributed by atoms with Gasteiger partial charge in [0.05, 0.1) is 19.4 Å². The van der Waals surface area contributed by atoms with Crippen LogP contribution in [0.25, 0.3) is 11.3 Å². The molecule has 0 fully saturated rings. The van der Waals surface area contributed by atoms with E-state index in [0.29, 0.717) is 18.0 Å². The van der Waals surface area contributed by atoms with Gasteiger partial charge in [-0.25, -0.2) is 4.79 Å². The standard InChI is InChI=1S/C14H16N2O3/c1-4-19-14(17)12-8-11(15-16-12)10-6-5-9(2)7-13(10)18-3/h5-8H,4H2,1-3H3,(H,15,16). The molecular weight excluding hydrogens is 244 g/mol. The molecule has 1 aromatic heterocycles. The van der Waals surface area contributed by atoms with Gasteiger partial charge in [-0.15, -0.1) is 0 Å². The fourth-order valence-electron chi connectivity index (χ4n) is 1.78. The molecule has 5 nitrogen and oxygen atoms in total. The molecule has 0 aliphatic rings. The van der Waals surface area contributed by atoms with Crippen molar-refractivity contribution in [3.63, 3.8) is 0 Å². The molecule has 5 heteroatoms. The van der Waals surface area contributed by atoms with E-state index in [0.717, 1.165) is 16.9 Å². The van der Waals surface area contributed by atoms with Crippen LogP contribution in [0.15, 0.2) is 24.3 Å². The Balaban J connectivity index is 2.35. The van der Waals surface area contributed by atoms with Gasteiger partial charge in [-0.1, -0.05) is 6.07 Å². The first kappa shape index (κ1) is 13.1. The van der Waals surface area contributed by atoms with Crippen molar-refractivity contribution < 1.29 is 14.3 Å². The number of hydrogen-bond donors (Lipinski definition) is 1. The van der Waals surface area contributed by atoms with Crippen LogP contribution in [-0.4, -0.2) is 29.9 Å². The Kier molecular flexibility index (Phi) is 3.85. The monoisotopic (exact) mass is 260 g/mol. The minimum atomic E-state index is -0.410. The summed E-state index contributed by atoms with van der Waals surface area (Å²) >= 11 is 0. The Morgan fingerprint density at radius 3 is 2.84 bits per heavy atom. The van der Waals surface area contributed by atoms with Crippen molar-refractivity contribution in [2.24, 2.45) is 0 Å². The summed E-state index contributed by atoms with van der Waals surface area (Å²) in [5.41, 5.74) is 2.92. The molecule has 0 radical (unpaired) electrons. The number of rotatable bonds is 4. The van der Waals surface area contributed by atoms with Crippen LogP contribution in [0.3, 0.4) is 0 Å². The van der Waals surface area contributed by atoms with Crippen LogP contribution in [0.2, 0.25) is 0 Å². The van der Waals surface area contributed by atoms with Gasteiger partial charge in [-0.3, -0.25) is 5.10 Å². The SMILES string of the molecule is CCOC(=O)c1cc(-c2ccc(C)cc2OC)n[nH]1. The van der Waals surface area contributed by atoms with E-state index in [1.165, 1.54) is 0 Å². The number of benzene rings is 1. The Morgan fingerprint density at radius 1 is 1.37 bits per heavy atom. The predicted octanol–water partition coefficient (Wildman–Crippen LogP) is 2.57. The van der Waals surface area contributed by atoms with Crippen LogP contribution >= 0.6 is 0 Å². The van der Waals surface area contributed by atoms with Crippen molar-refractivity contribution >= 4 is 5.97 Å². The Bertz CT molecular complexity index is 590. The summed E-state index contributed by atoms with van der Waals surface area (Å²) in [6.45, 7) is 4.08. The molecule has 0 saturated carbocycles. The van der Waals surface area contributed by atoms with Crippen molar-refractivity contribution in [1.82, 2.24) is 10.2 Å². The molecule has 19 heavy (non-hydrogen) atoms. The number of carbonyl (C=O) groups is 1. The van der Waals surface area contributed by atoms with Gasteiger partial charge >= 0.3 is 5.97 Å². The smallest absolute Gasteiger partial charge is 0.356 e. The van der Waals surface area contributed by atoms with E-state index in [1.54, 1.807) is 20.1 Å². The number of aryl methyl sites for hydroxylation is 1. The third-order valence-corrected chi connectivity index (χ3v) is 2.71. The second-order valence-electron chi connectivity index (χ2n) is 4.09. The maximum atomic E-state index is 11.6. The van der Waals surface area contributed by atoms with Gasteiger partial charge in [-0.05, 0) is 37.6 Å². The molecule has 0 unspecified atom stereocenters. The van der Waals surface area contributed by atoms with Gasteiger partial charge in [0.2, 0.25) is 0 Å². The molecule has 0 amide bonds. The number of aromatic nitrogens is 2. The molecule has 0 bridgehead atoms. The second kappa shape index (κ2) is 5.56. The summed E-state index contributed by atoms with van der Waals surface area (Å²) in [6, 6.07) is 7.47. The highest BCUT2D eigenvalue weighted by molar-refractivity contribution is 5.89. The fourth-order valence-corrected chi connectivity index (χ4v) is 1.78. The lowest BCUT2D eigenvalue weighted by Gasteiger charge is -2.06. The molecule has 0 atom stereocenters. The molecule has 0 aliphatic heterocycles. The van der Waals surface area contributed by atoms with E-state index in [1.807, 2.05) is 25.1 Å². The minimum absolute atomic E-state index is 0.333. The zero-order valence-electron chi connectivity index (χ0n) is 11.2. The van der Waals surface area contributed by atoms with Crippen molar-refractivity contribution in [1.29, 1.82) is 0 Å². The summed E-state index contributed by atoms with van der Waals surface area (Å²) in [5, 5.41) is 6.80. The van der Waals surface area contributed by atoms with Crippen LogP contribution < -0.4 is 4.74 Å². The molecule has 1 N–H and O–H groups in total. The number of H-pyrrole nitrogens is 1. The van der Waals surface area contributed by atoms with Gasteiger partial charge < -0.3 is 9.47 Å². The highest BCUT2D eigenvalue weighted by Crippen LogP contribution is 2.29. The van der Waals surface area contributed by atoms with Crippen LogP contribution in [0, 0.1) is 6.92 Å². The Morgan fingerprint density at radius 2 is 2.16 bits per heavy atom. The van der Waals surface area contributed by atoms with Crippen molar-refractivity contribution in [2.75, 3.05) is 13.7 Å². The first-order valence-electron chi connectivity index (χ1n) is 6.03. The molecule has 0 saturated heterocycles. The van der Waals surface area contributed by atoms with Gasteiger partial charge in [-0.2, -0.15) is 5.10 Å². The van der Waals surface area contributed by atoms with Gasteiger partial charge in [0.1, 0.15) is 11.4 Å². The van der Waals surface area contributed by atoms with E-state index in [2.05, 4.69) is 10.2 Å². The topological polar surface area (TPSA) is 64.2 Å². The lowest BCUT2D eigenvalue weighted by atomic mass is 10.1. The van der Waals surface area contributed by atoms with E-state index in [-0.39, 0.29) is 0 Å². The van der Waals surface area contributed by atoms with Gasteiger partial charge in [0.15, 0.2) is 0 Å². The molecule has 1 heterocycles. The number of esters is 1. The average molecular weight is 260 g/mol. The minimum Gasteiger partial charge on any atom is -0.496 e. The normalized spacial score (nSPS) is 10.3. The maximum absolute atomic E-state index is 11.6. The summed E-state index contributed by atoms with van der Waals surface area (Å²) < 4.78 is 10.2. The number of aromatic amines is 1. The molecule has 0 spiro atoms. The maximum Gasteiger partial charge on any atom is 0.356 e. The quantitative estimate of drug-likeness (QED) is 0.858. The summed E-state index contributed by atoms with van der Waals surface area (Å²) in [4.78, 5) is 11.6. The van der Waals surface area contributed by atoms with E-state index >= 15 is 0 Å². The fraction of sp³-hybridized carbons (Fsp3) is 0.286. The van der Waals surface area contributed by atoms with E-state index < -0.39 is 5.97 Å². The molecule has 2 rings (SSSR count). The molecule has 0 aliphatic carbocycles. The third-order valence-electron chi connectivity index (χ3n) is 2.71. The summed E-state index contributed by atoms with van der Waals surface area (Å²) in [7, 11) is 1.61. The lowest BCUT2D eigenvalue weighted by molar-refractivity contribution is 0.0519. The first-order chi connectivity index (χ1) is 9.15. The number of ether oxygens (including phenoxy) is 2. The summed E-state index contributed by atoms with van der Waals surface area (Å²) in [6.07, 6.45) is 0. The average Bonchev–Trinajstić information content (AvgIpc) is 2.88. The highest BCUT2D eigenvalue weighted by atomic mass is 16.5. The van der Waals surface area contributed by atoms with E-state index in [9.17, 15) is 4.79 Å².